The van der Waals surface area contributed by atoms with E-state index in [1.54, 1.807) is 5.43 Å². The average molecular weight is 218 g/mol. The smallest absolute Gasteiger partial charge is 0.277 e. The van der Waals surface area contributed by atoms with Crippen molar-refractivity contribution in [3.8, 4) is 0 Å². The lowest BCUT2D eigenvalue weighted by atomic mass is 10.4. The predicted molar refractivity (Wildman–Crippen MR) is 53.5 cm³/mol. The highest BCUT2D eigenvalue weighted by atomic mass is 16.7. The Hall–Kier alpha value is -1.77. The SMILES string of the molecule is CN(C)CCCN(N=O)C(=N)N[N+](=O)[O-]. The Balaban J connectivity index is 3.96. The van der Waals surface area contributed by atoms with E-state index >= 15 is 0 Å². The predicted octanol–water partition coefficient (Wildman–Crippen LogP) is -0.362. The fraction of sp³-hybridized carbons (Fsp3) is 0.833. The van der Waals surface area contributed by atoms with Crippen LogP contribution in [0.1, 0.15) is 6.42 Å². The van der Waals surface area contributed by atoms with Crippen LogP contribution in [0.15, 0.2) is 5.29 Å². The van der Waals surface area contributed by atoms with E-state index in [9.17, 15) is 15.0 Å². The largest absolute Gasteiger partial charge is 0.309 e. The van der Waals surface area contributed by atoms with Crippen molar-refractivity contribution in [3.63, 3.8) is 0 Å². The van der Waals surface area contributed by atoms with Crippen molar-refractivity contribution in [2.75, 3.05) is 27.2 Å². The molecule has 15 heavy (non-hydrogen) atoms. The zero-order valence-corrected chi connectivity index (χ0v) is 8.63. The van der Waals surface area contributed by atoms with E-state index in [1.807, 2.05) is 19.0 Å². The summed E-state index contributed by atoms with van der Waals surface area (Å²) in [6, 6.07) is 0. The summed E-state index contributed by atoms with van der Waals surface area (Å²) in [5, 5.41) is 19.4. The Kier molecular flexibility index (Phi) is 5.86. The van der Waals surface area contributed by atoms with Crippen molar-refractivity contribution in [2.45, 2.75) is 6.42 Å². The highest BCUT2D eigenvalue weighted by Gasteiger charge is 2.13. The normalized spacial score (nSPS) is 9.80. The second-order valence-corrected chi connectivity index (χ2v) is 3.08. The first kappa shape index (κ1) is 13.2. The number of hydrogen-bond acceptors (Lipinski definition) is 6. The molecule has 0 rings (SSSR count). The average Bonchev–Trinajstić information content (AvgIpc) is 2.10. The van der Waals surface area contributed by atoms with Gasteiger partial charge in [-0.3, -0.25) is 5.41 Å². The number of hydrazine groups is 1. The summed E-state index contributed by atoms with van der Waals surface area (Å²) in [6.45, 7) is 0.874. The Morgan fingerprint density at radius 1 is 1.53 bits per heavy atom. The lowest BCUT2D eigenvalue weighted by Crippen LogP contribution is -2.41. The van der Waals surface area contributed by atoms with Gasteiger partial charge in [0, 0.05) is 6.54 Å². The van der Waals surface area contributed by atoms with Crippen LogP contribution in [0.25, 0.3) is 0 Å². The van der Waals surface area contributed by atoms with Gasteiger partial charge in [-0.15, -0.1) is 4.91 Å². The molecular weight excluding hydrogens is 204 g/mol. The summed E-state index contributed by atoms with van der Waals surface area (Å²) in [5.74, 6) is -0.631. The van der Waals surface area contributed by atoms with Crippen molar-refractivity contribution in [2.24, 2.45) is 5.29 Å². The van der Waals surface area contributed by atoms with Crippen molar-refractivity contribution in [3.05, 3.63) is 15.0 Å². The van der Waals surface area contributed by atoms with Crippen LogP contribution in [0.5, 0.6) is 0 Å². The van der Waals surface area contributed by atoms with Gasteiger partial charge in [-0.05, 0) is 27.1 Å². The number of rotatable bonds is 6. The van der Waals surface area contributed by atoms with Gasteiger partial charge >= 0.3 is 0 Å². The summed E-state index contributed by atoms with van der Waals surface area (Å²) < 4.78 is 0. The quantitative estimate of drug-likeness (QED) is 0.207. The Labute approximate surface area is 86.6 Å². The lowest BCUT2D eigenvalue weighted by molar-refractivity contribution is -0.526. The van der Waals surface area contributed by atoms with E-state index in [2.05, 4.69) is 5.29 Å². The van der Waals surface area contributed by atoms with Crippen LogP contribution in [0, 0.1) is 20.4 Å². The summed E-state index contributed by atoms with van der Waals surface area (Å²) >= 11 is 0. The Bertz CT molecular complexity index is 243. The van der Waals surface area contributed by atoms with Gasteiger partial charge in [-0.2, -0.15) is 5.01 Å². The van der Waals surface area contributed by atoms with Gasteiger partial charge in [-0.1, -0.05) is 5.43 Å². The third-order valence-electron chi connectivity index (χ3n) is 1.53. The molecule has 0 bridgehead atoms. The molecule has 9 nitrogen and oxygen atoms in total. The topological polar surface area (TPSA) is 115 Å². The van der Waals surface area contributed by atoms with E-state index < -0.39 is 11.0 Å². The third kappa shape index (κ3) is 6.32. The minimum Gasteiger partial charge on any atom is -0.309 e. The molecule has 2 N–H and O–H groups in total. The first-order valence-corrected chi connectivity index (χ1v) is 4.22. The molecule has 0 amide bonds. The molecule has 0 atom stereocenters. The first-order chi connectivity index (χ1) is 6.97. The maximum absolute atomic E-state index is 10.3. The van der Waals surface area contributed by atoms with Gasteiger partial charge in [-0.25, -0.2) is 10.1 Å². The van der Waals surface area contributed by atoms with Gasteiger partial charge < -0.3 is 4.90 Å². The first-order valence-electron chi connectivity index (χ1n) is 4.22. The van der Waals surface area contributed by atoms with E-state index in [1.165, 1.54) is 0 Å². The van der Waals surface area contributed by atoms with E-state index in [-0.39, 0.29) is 6.54 Å². The second-order valence-electron chi connectivity index (χ2n) is 3.08. The molecule has 0 unspecified atom stereocenters. The number of guanidine groups is 1. The van der Waals surface area contributed by atoms with E-state index in [0.717, 1.165) is 0 Å². The van der Waals surface area contributed by atoms with E-state index in [0.29, 0.717) is 18.0 Å². The molecule has 0 heterocycles. The number of hydrogen-bond donors (Lipinski definition) is 2. The lowest BCUT2D eigenvalue weighted by Gasteiger charge is -2.14. The Morgan fingerprint density at radius 2 is 2.13 bits per heavy atom. The number of nitro groups is 1. The molecule has 0 radical (unpaired) electrons. The molecule has 0 aromatic heterocycles. The summed E-state index contributed by atoms with van der Waals surface area (Å²) in [5.41, 5.74) is 1.56. The molecule has 86 valence electrons. The van der Waals surface area contributed by atoms with Crippen molar-refractivity contribution in [1.29, 1.82) is 5.41 Å². The molecule has 0 saturated heterocycles. The number of nitrogens with zero attached hydrogens (tertiary/aromatic N) is 4. The summed E-state index contributed by atoms with van der Waals surface area (Å²) in [6.07, 6.45) is 0.584. The highest BCUT2D eigenvalue weighted by molar-refractivity contribution is 5.74. The summed E-state index contributed by atoms with van der Waals surface area (Å²) in [4.78, 5) is 22.1. The van der Waals surface area contributed by atoms with Crippen LogP contribution in [0.3, 0.4) is 0 Å². The van der Waals surface area contributed by atoms with Gasteiger partial charge in [0.1, 0.15) is 0 Å². The Morgan fingerprint density at radius 3 is 2.53 bits per heavy atom. The summed E-state index contributed by atoms with van der Waals surface area (Å²) in [7, 11) is 3.72. The minimum atomic E-state index is -0.910. The van der Waals surface area contributed by atoms with Gasteiger partial charge in [0.15, 0.2) is 5.03 Å². The van der Waals surface area contributed by atoms with Gasteiger partial charge in [0.05, 0.1) is 5.29 Å². The van der Waals surface area contributed by atoms with Crippen molar-refractivity contribution >= 4 is 5.96 Å². The molecule has 0 spiro atoms. The minimum absolute atomic E-state index is 0.168. The standard InChI is InChI=1S/C6H14N6O3/c1-10(2)4-3-5-11(9-13)6(7)8-12(14)15/h3-5H2,1-2H3,(H2,7,8). The molecular formula is C6H14N6O3. The fourth-order valence-corrected chi connectivity index (χ4v) is 0.874. The van der Waals surface area contributed by atoms with Crippen LogP contribution in [-0.4, -0.2) is 48.1 Å². The van der Waals surface area contributed by atoms with Crippen LogP contribution in [0.4, 0.5) is 0 Å². The van der Waals surface area contributed by atoms with Crippen LogP contribution >= 0.6 is 0 Å². The van der Waals surface area contributed by atoms with Gasteiger partial charge in [0.2, 0.25) is 0 Å². The van der Waals surface area contributed by atoms with Crippen molar-refractivity contribution < 1.29 is 5.03 Å². The highest BCUT2D eigenvalue weighted by Crippen LogP contribution is 1.93. The van der Waals surface area contributed by atoms with E-state index in [4.69, 9.17) is 5.41 Å². The maximum atomic E-state index is 10.3. The molecule has 9 heteroatoms. The van der Waals surface area contributed by atoms with Crippen LogP contribution < -0.4 is 5.43 Å². The van der Waals surface area contributed by atoms with Crippen LogP contribution in [0.2, 0.25) is 0 Å². The fourth-order valence-electron chi connectivity index (χ4n) is 0.874. The zero-order valence-electron chi connectivity index (χ0n) is 8.63. The zero-order chi connectivity index (χ0) is 11.8. The maximum Gasteiger partial charge on any atom is 0.277 e. The molecule has 0 aromatic carbocycles. The number of nitroso groups, excluding NO2 is 1. The van der Waals surface area contributed by atoms with Crippen molar-refractivity contribution in [1.82, 2.24) is 15.3 Å². The monoisotopic (exact) mass is 218 g/mol. The number of nitrogens with one attached hydrogen (secondary N) is 2. The third-order valence-corrected chi connectivity index (χ3v) is 1.53. The molecule has 0 aliphatic rings. The second kappa shape index (κ2) is 6.65. The molecule has 0 aliphatic carbocycles. The van der Waals surface area contributed by atoms with Crippen LogP contribution in [-0.2, 0) is 0 Å². The molecule has 0 aliphatic heterocycles. The molecule has 0 aromatic rings. The molecule has 0 fully saturated rings. The van der Waals surface area contributed by atoms with Gasteiger partial charge in [0.25, 0.3) is 5.96 Å². The molecule has 0 saturated carbocycles.